The van der Waals surface area contributed by atoms with Gasteiger partial charge in [-0.05, 0) is 26.0 Å². The summed E-state index contributed by atoms with van der Waals surface area (Å²) in [5, 5.41) is 0. The summed E-state index contributed by atoms with van der Waals surface area (Å²) in [5.74, 6) is -0.461. The highest BCUT2D eigenvalue weighted by molar-refractivity contribution is 6.00. The maximum atomic E-state index is 12.1. The number of carbonyl (C=O) groups excluding carboxylic acids is 2. The van der Waals surface area contributed by atoms with Crippen LogP contribution >= 0.6 is 0 Å². The molecule has 1 aromatic rings. The normalized spacial score (nSPS) is 40.6. The highest BCUT2D eigenvalue weighted by atomic mass is 16.6. The van der Waals surface area contributed by atoms with Gasteiger partial charge in [0.25, 0.3) is 0 Å². The second kappa shape index (κ2) is 3.35. The Balaban J connectivity index is 1.72. The third-order valence-corrected chi connectivity index (χ3v) is 5.03. The van der Waals surface area contributed by atoms with Crippen LogP contribution in [0.5, 0.6) is 11.5 Å². The van der Waals surface area contributed by atoms with Gasteiger partial charge in [0, 0.05) is 0 Å². The zero-order chi connectivity index (χ0) is 15.3. The number of rotatable bonds is 0. The molecule has 2 saturated heterocycles. The summed E-state index contributed by atoms with van der Waals surface area (Å²) in [5.41, 5.74) is -2.10. The van der Waals surface area contributed by atoms with E-state index in [0.717, 1.165) is 0 Å². The van der Waals surface area contributed by atoms with E-state index in [0.29, 0.717) is 23.0 Å². The first-order chi connectivity index (χ1) is 10.4. The van der Waals surface area contributed by atoms with Crippen molar-refractivity contribution in [3.8, 4) is 11.5 Å². The third kappa shape index (κ3) is 1.10. The molecule has 6 nitrogen and oxygen atoms in total. The Morgan fingerprint density at radius 1 is 0.818 bits per heavy atom. The molecule has 6 heteroatoms. The molecule has 0 aliphatic carbocycles. The van der Waals surface area contributed by atoms with Crippen LogP contribution in [0, 0.1) is 11.8 Å². The minimum Gasteiger partial charge on any atom is -0.451 e. The molecule has 4 atom stereocenters. The molecular weight excluding hydrogens is 288 g/mol. The van der Waals surface area contributed by atoms with E-state index in [2.05, 4.69) is 0 Å². The van der Waals surface area contributed by atoms with Gasteiger partial charge in [0.05, 0.1) is 0 Å². The van der Waals surface area contributed by atoms with Crippen molar-refractivity contribution in [2.45, 2.75) is 25.0 Å². The Hall–Kier alpha value is -2.34. The van der Waals surface area contributed by atoms with Crippen molar-refractivity contribution < 1.29 is 28.5 Å². The summed E-state index contributed by atoms with van der Waals surface area (Å²) >= 11 is 0. The summed E-state index contributed by atoms with van der Waals surface area (Å²) in [4.78, 5) is 24.2. The zero-order valence-electron chi connectivity index (χ0n) is 11.9. The number of ether oxygens (including phenoxy) is 4. The molecule has 0 N–H and O–H groups in total. The van der Waals surface area contributed by atoms with Crippen molar-refractivity contribution in [2.75, 3.05) is 0 Å². The Bertz CT molecular complexity index is 733. The second-order valence-electron chi connectivity index (χ2n) is 6.32. The number of fused-ring (bicyclic) bond motifs is 8. The molecular formula is C16H12O6. The lowest BCUT2D eigenvalue weighted by atomic mass is 9.71. The quantitative estimate of drug-likeness (QED) is 0.535. The van der Waals surface area contributed by atoms with Gasteiger partial charge in [0.15, 0.2) is 23.0 Å². The molecule has 5 rings (SSSR count). The maximum Gasteiger partial charge on any atom is 0.321 e. The van der Waals surface area contributed by atoms with E-state index in [4.69, 9.17) is 18.9 Å². The van der Waals surface area contributed by atoms with Crippen LogP contribution in [0.4, 0.5) is 0 Å². The standard InChI is InChI=1S/C16H12O6/c1-15-9-10(14(18)21-13(9)17)16(2,22-15)12-11(15)19-7-5-3-4-6-8(7)20-12/h3-6,9-10H,1-2H3/t9?,10?,15-,16+. The lowest BCUT2D eigenvalue weighted by Gasteiger charge is -2.34. The average molecular weight is 300 g/mol. The van der Waals surface area contributed by atoms with Gasteiger partial charge in [-0.1, -0.05) is 12.1 Å². The van der Waals surface area contributed by atoms with E-state index in [-0.39, 0.29) is 0 Å². The van der Waals surface area contributed by atoms with Crippen LogP contribution in [-0.2, 0) is 19.1 Å². The van der Waals surface area contributed by atoms with Crippen LogP contribution in [0.2, 0.25) is 0 Å². The van der Waals surface area contributed by atoms with Gasteiger partial charge < -0.3 is 18.9 Å². The minimum absolute atomic E-state index is 0.460. The molecule has 0 amide bonds. The van der Waals surface area contributed by atoms with Gasteiger partial charge in [0.2, 0.25) is 0 Å². The lowest BCUT2D eigenvalue weighted by Crippen LogP contribution is -2.45. The molecule has 2 fully saturated rings. The van der Waals surface area contributed by atoms with Gasteiger partial charge >= 0.3 is 11.9 Å². The van der Waals surface area contributed by atoms with Crippen molar-refractivity contribution in [1.82, 2.24) is 0 Å². The minimum atomic E-state index is -1.05. The molecule has 112 valence electrons. The van der Waals surface area contributed by atoms with Gasteiger partial charge in [-0.2, -0.15) is 0 Å². The van der Waals surface area contributed by atoms with Crippen molar-refractivity contribution in [3.05, 3.63) is 35.8 Å². The first kappa shape index (κ1) is 12.2. The Morgan fingerprint density at radius 3 is 1.73 bits per heavy atom. The number of carbonyl (C=O) groups is 2. The number of cyclic esters (lactones) is 2. The average Bonchev–Trinajstić information content (AvgIpc) is 3.01. The molecule has 2 unspecified atom stereocenters. The first-order valence-electron chi connectivity index (χ1n) is 7.11. The molecule has 4 heterocycles. The monoisotopic (exact) mass is 300 g/mol. The van der Waals surface area contributed by atoms with Crippen LogP contribution in [0.15, 0.2) is 35.8 Å². The van der Waals surface area contributed by atoms with Crippen molar-refractivity contribution in [3.63, 3.8) is 0 Å². The number of esters is 2. The highest BCUT2D eigenvalue weighted by Crippen LogP contribution is 2.64. The topological polar surface area (TPSA) is 71.1 Å². The zero-order valence-corrected chi connectivity index (χ0v) is 11.9. The molecule has 0 aromatic heterocycles. The molecule has 0 saturated carbocycles. The van der Waals surface area contributed by atoms with Gasteiger partial charge in [-0.3, -0.25) is 9.59 Å². The molecule has 22 heavy (non-hydrogen) atoms. The van der Waals surface area contributed by atoms with Crippen molar-refractivity contribution in [1.29, 1.82) is 0 Å². The molecule has 0 spiro atoms. The SMILES string of the molecule is C[C@]12O[C@](C)(C3=C1Oc1ccccc1O3)C1C(=O)OC(=O)C12. The molecule has 4 aliphatic heterocycles. The second-order valence-corrected chi connectivity index (χ2v) is 6.32. The number of para-hydroxylation sites is 2. The van der Waals surface area contributed by atoms with E-state index in [9.17, 15) is 9.59 Å². The van der Waals surface area contributed by atoms with Crippen LogP contribution in [-0.4, -0.2) is 23.1 Å². The maximum absolute atomic E-state index is 12.1. The predicted octanol–water partition coefficient (Wildman–Crippen LogP) is 1.55. The summed E-state index contributed by atoms with van der Waals surface area (Å²) < 4.78 is 22.8. The molecule has 0 radical (unpaired) electrons. The smallest absolute Gasteiger partial charge is 0.321 e. The van der Waals surface area contributed by atoms with E-state index in [1.54, 1.807) is 26.0 Å². The Kier molecular flexibility index (Phi) is 1.86. The van der Waals surface area contributed by atoms with Crippen LogP contribution in [0.1, 0.15) is 13.8 Å². The molecule has 4 aliphatic rings. The fourth-order valence-corrected chi connectivity index (χ4v) is 4.11. The van der Waals surface area contributed by atoms with Gasteiger partial charge in [0.1, 0.15) is 23.0 Å². The largest absolute Gasteiger partial charge is 0.451 e. The number of hydrogen-bond acceptors (Lipinski definition) is 6. The third-order valence-electron chi connectivity index (χ3n) is 5.03. The fourth-order valence-electron chi connectivity index (χ4n) is 4.11. The lowest BCUT2D eigenvalue weighted by molar-refractivity contribution is -0.161. The summed E-state index contributed by atoms with van der Waals surface area (Å²) in [7, 11) is 0. The summed E-state index contributed by atoms with van der Waals surface area (Å²) in [6.45, 7) is 3.49. The van der Waals surface area contributed by atoms with E-state index in [1.807, 2.05) is 12.1 Å². The molecule has 1 aromatic carbocycles. The Labute approximate surface area is 125 Å². The molecule has 2 bridgehead atoms. The van der Waals surface area contributed by atoms with E-state index >= 15 is 0 Å². The first-order valence-corrected chi connectivity index (χ1v) is 7.11. The van der Waals surface area contributed by atoms with Crippen LogP contribution < -0.4 is 9.47 Å². The van der Waals surface area contributed by atoms with Crippen molar-refractivity contribution in [2.24, 2.45) is 11.8 Å². The van der Waals surface area contributed by atoms with E-state index in [1.165, 1.54) is 0 Å². The van der Waals surface area contributed by atoms with Crippen molar-refractivity contribution >= 4 is 11.9 Å². The number of hydrogen-bond donors (Lipinski definition) is 0. The summed E-state index contributed by atoms with van der Waals surface area (Å²) in [6.07, 6.45) is 0. The summed E-state index contributed by atoms with van der Waals surface area (Å²) in [6, 6.07) is 7.24. The van der Waals surface area contributed by atoms with Gasteiger partial charge in [-0.15, -0.1) is 0 Å². The van der Waals surface area contributed by atoms with Crippen LogP contribution in [0.25, 0.3) is 0 Å². The Morgan fingerprint density at radius 2 is 1.27 bits per heavy atom. The fraction of sp³-hybridized carbons (Fsp3) is 0.375. The van der Waals surface area contributed by atoms with Crippen LogP contribution in [0.3, 0.4) is 0 Å². The van der Waals surface area contributed by atoms with E-state index < -0.39 is 35.0 Å². The van der Waals surface area contributed by atoms with Gasteiger partial charge in [-0.25, -0.2) is 0 Å². The highest BCUT2D eigenvalue weighted by Gasteiger charge is 2.78. The predicted molar refractivity (Wildman–Crippen MR) is 70.7 cm³/mol. The number of benzene rings is 1.